The van der Waals surface area contributed by atoms with Crippen LogP contribution in [-0.2, 0) is 6.54 Å². The third-order valence-electron chi connectivity index (χ3n) is 3.73. The number of likely N-dealkylation sites (N-methyl/N-ethyl adjacent to an activating group) is 2. The van der Waals surface area contributed by atoms with Gasteiger partial charge in [0.15, 0.2) is 0 Å². The molecule has 1 saturated heterocycles. The van der Waals surface area contributed by atoms with Crippen LogP contribution in [0.4, 0.5) is 0 Å². The number of hydrogen-bond acceptors (Lipinski definition) is 4. The Labute approximate surface area is 118 Å². The maximum Gasteiger partial charge on any atom is 0.345 e. The van der Waals surface area contributed by atoms with Crippen molar-refractivity contribution in [3.8, 4) is 0 Å². The third-order valence-corrected chi connectivity index (χ3v) is 4.78. The Balaban J connectivity index is 1.86. The van der Waals surface area contributed by atoms with Crippen LogP contribution in [0, 0.1) is 0 Å². The highest BCUT2D eigenvalue weighted by Crippen LogP contribution is 2.20. The summed E-state index contributed by atoms with van der Waals surface area (Å²) in [5.41, 5.74) is 0. The van der Waals surface area contributed by atoms with Crippen molar-refractivity contribution in [2.24, 2.45) is 0 Å². The van der Waals surface area contributed by atoms with Gasteiger partial charge in [-0.05, 0) is 45.1 Å². The Bertz CT molecular complexity index is 433. The first kappa shape index (κ1) is 14.5. The molecule has 1 aromatic heterocycles. The molecule has 1 unspecified atom stereocenters. The van der Waals surface area contributed by atoms with E-state index in [-0.39, 0.29) is 0 Å². The molecular weight excluding hydrogens is 260 g/mol. The number of aromatic carboxylic acids is 1. The second-order valence-electron chi connectivity index (χ2n) is 5.19. The van der Waals surface area contributed by atoms with E-state index >= 15 is 0 Å². The van der Waals surface area contributed by atoms with E-state index in [1.165, 1.54) is 30.7 Å². The number of likely N-dealkylation sites (tertiary alicyclic amines) is 1. The van der Waals surface area contributed by atoms with Gasteiger partial charge in [-0.3, -0.25) is 9.80 Å². The molecule has 2 rings (SSSR count). The van der Waals surface area contributed by atoms with Crippen molar-refractivity contribution in [3.63, 3.8) is 0 Å². The van der Waals surface area contributed by atoms with Crippen molar-refractivity contribution in [2.75, 3.05) is 26.7 Å². The Morgan fingerprint density at radius 1 is 1.58 bits per heavy atom. The number of hydrogen-bond donors (Lipinski definition) is 1. The van der Waals surface area contributed by atoms with Crippen LogP contribution in [0.1, 0.15) is 34.3 Å². The van der Waals surface area contributed by atoms with Crippen LogP contribution in [0.15, 0.2) is 12.1 Å². The number of carbonyl (C=O) groups is 1. The van der Waals surface area contributed by atoms with Crippen molar-refractivity contribution in [3.05, 3.63) is 21.9 Å². The second kappa shape index (κ2) is 6.50. The average molecular weight is 282 g/mol. The summed E-state index contributed by atoms with van der Waals surface area (Å²) in [4.78, 5) is 17.2. The van der Waals surface area contributed by atoms with Gasteiger partial charge in [-0.15, -0.1) is 11.3 Å². The highest BCUT2D eigenvalue weighted by atomic mass is 32.1. The third kappa shape index (κ3) is 3.78. The summed E-state index contributed by atoms with van der Waals surface area (Å²) in [5, 5.41) is 8.92. The predicted molar refractivity (Wildman–Crippen MR) is 77.9 cm³/mol. The number of nitrogens with zero attached hydrogens (tertiary/aromatic N) is 2. The first-order valence-corrected chi connectivity index (χ1v) is 7.66. The smallest absolute Gasteiger partial charge is 0.345 e. The van der Waals surface area contributed by atoms with Crippen LogP contribution in [-0.4, -0.2) is 53.6 Å². The van der Waals surface area contributed by atoms with Crippen molar-refractivity contribution in [1.29, 1.82) is 0 Å². The summed E-state index contributed by atoms with van der Waals surface area (Å²) >= 11 is 1.38. The fourth-order valence-electron chi connectivity index (χ4n) is 2.79. The molecule has 4 nitrogen and oxygen atoms in total. The molecule has 1 aromatic rings. The summed E-state index contributed by atoms with van der Waals surface area (Å²) in [6.45, 7) is 6.47. The lowest BCUT2D eigenvalue weighted by Gasteiger charge is -2.27. The zero-order chi connectivity index (χ0) is 13.8. The molecule has 2 heterocycles. The van der Waals surface area contributed by atoms with Crippen LogP contribution in [0.5, 0.6) is 0 Å². The lowest BCUT2D eigenvalue weighted by Crippen LogP contribution is -2.38. The number of carboxylic acid groups (broad SMARTS) is 1. The van der Waals surface area contributed by atoms with E-state index in [2.05, 4.69) is 23.8 Å². The van der Waals surface area contributed by atoms with Gasteiger partial charge in [-0.25, -0.2) is 4.79 Å². The minimum absolute atomic E-state index is 0.430. The van der Waals surface area contributed by atoms with Crippen molar-refractivity contribution in [2.45, 2.75) is 32.4 Å². The van der Waals surface area contributed by atoms with E-state index in [9.17, 15) is 4.79 Å². The first-order valence-electron chi connectivity index (χ1n) is 6.84. The highest BCUT2D eigenvalue weighted by Gasteiger charge is 2.24. The molecule has 1 N–H and O–H groups in total. The minimum Gasteiger partial charge on any atom is -0.477 e. The van der Waals surface area contributed by atoms with Gasteiger partial charge in [0.2, 0.25) is 0 Å². The average Bonchev–Trinajstić information content (AvgIpc) is 2.97. The van der Waals surface area contributed by atoms with E-state index in [0.717, 1.165) is 24.5 Å². The maximum absolute atomic E-state index is 10.9. The molecule has 0 bridgehead atoms. The van der Waals surface area contributed by atoms with E-state index < -0.39 is 5.97 Å². The van der Waals surface area contributed by atoms with Gasteiger partial charge < -0.3 is 5.11 Å². The topological polar surface area (TPSA) is 43.8 Å². The highest BCUT2D eigenvalue weighted by molar-refractivity contribution is 7.13. The lowest BCUT2D eigenvalue weighted by atomic mass is 10.2. The fourth-order valence-corrected chi connectivity index (χ4v) is 3.71. The van der Waals surface area contributed by atoms with Gasteiger partial charge in [0.25, 0.3) is 0 Å². The Hall–Kier alpha value is -0.910. The van der Waals surface area contributed by atoms with E-state index in [0.29, 0.717) is 10.9 Å². The van der Waals surface area contributed by atoms with Crippen molar-refractivity contribution < 1.29 is 9.90 Å². The molecule has 19 heavy (non-hydrogen) atoms. The summed E-state index contributed by atoms with van der Waals surface area (Å²) in [7, 11) is 2.12. The zero-order valence-corrected chi connectivity index (χ0v) is 12.4. The molecular formula is C14H22N2O2S. The molecule has 0 amide bonds. The van der Waals surface area contributed by atoms with Gasteiger partial charge in [0.05, 0.1) is 0 Å². The minimum atomic E-state index is -0.827. The van der Waals surface area contributed by atoms with Crippen LogP contribution < -0.4 is 0 Å². The number of rotatable bonds is 6. The molecule has 1 aliphatic heterocycles. The standard InChI is InChI=1S/C14H22N2O2S/c1-3-16-8-4-5-11(16)9-15(2)10-12-6-7-13(19-12)14(17)18/h6-7,11H,3-5,8-10H2,1-2H3,(H,17,18). The Morgan fingerprint density at radius 2 is 2.37 bits per heavy atom. The molecule has 1 aliphatic rings. The van der Waals surface area contributed by atoms with Gasteiger partial charge >= 0.3 is 5.97 Å². The van der Waals surface area contributed by atoms with Crippen LogP contribution in [0.3, 0.4) is 0 Å². The van der Waals surface area contributed by atoms with Crippen LogP contribution in [0.25, 0.3) is 0 Å². The monoisotopic (exact) mass is 282 g/mol. The van der Waals surface area contributed by atoms with Crippen molar-refractivity contribution >= 4 is 17.3 Å². The summed E-state index contributed by atoms with van der Waals surface area (Å²) in [5.74, 6) is -0.827. The lowest BCUT2D eigenvalue weighted by molar-refractivity contribution is 0.0702. The molecule has 0 spiro atoms. The van der Waals surface area contributed by atoms with Crippen LogP contribution in [0.2, 0.25) is 0 Å². The Morgan fingerprint density at radius 3 is 3.00 bits per heavy atom. The zero-order valence-electron chi connectivity index (χ0n) is 11.6. The normalized spacial score (nSPS) is 20.3. The molecule has 1 fully saturated rings. The van der Waals surface area contributed by atoms with Gasteiger partial charge in [-0.1, -0.05) is 6.92 Å². The van der Waals surface area contributed by atoms with Gasteiger partial charge in [0, 0.05) is 24.0 Å². The SMILES string of the molecule is CCN1CCCC1CN(C)Cc1ccc(C(=O)O)s1. The van der Waals surface area contributed by atoms with Gasteiger partial charge in [-0.2, -0.15) is 0 Å². The van der Waals surface area contributed by atoms with Crippen LogP contribution >= 0.6 is 11.3 Å². The number of thiophene rings is 1. The maximum atomic E-state index is 10.9. The first-order chi connectivity index (χ1) is 9.10. The molecule has 0 aromatic carbocycles. The fraction of sp³-hybridized carbons (Fsp3) is 0.643. The second-order valence-corrected chi connectivity index (χ2v) is 6.36. The van der Waals surface area contributed by atoms with Crippen molar-refractivity contribution in [1.82, 2.24) is 9.80 Å². The molecule has 0 aliphatic carbocycles. The summed E-state index contributed by atoms with van der Waals surface area (Å²) in [6.07, 6.45) is 2.58. The van der Waals surface area contributed by atoms with E-state index in [1.54, 1.807) is 6.07 Å². The van der Waals surface area contributed by atoms with Gasteiger partial charge in [0.1, 0.15) is 4.88 Å². The predicted octanol–water partition coefficient (Wildman–Crippen LogP) is 2.36. The summed E-state index contributed by atoms with van der Waals surface area (Å²) in [6, 6.07) is 4.29. The molecule has 106 valence electrons. The van der Waals surface area contributed by atoms with E-state index in [4.69, 9.17) is 5.11 Å². The molecule has 0 saturated carbocycles. The molecule has 0 radical (unpaired) electrons. The quantitative estimate of drug-likeness (QED) is 0.870. The Kier molecular flexibility index (Phi) is 4.96. The van der Waals surface area contributed by atoms with E-state index in [1.807, 2.05) is 6.07 Å². The number of carboxylic acids is 1. The molecule has 5 heteroatoms. The largest absolute Gasteiger partial charge is 0.477 e. The molecule has 1 atom stereocenters. The summed E-state index contributed by atoms with van der Waals surface area (Å²) < 4.78 is 0.